The van der Waals surface area contributed by atoms with Crippen LogP contribution in [0, 0.1) is 2.88 Å². The van der Waals surface area contributed by atoms with Crippen molar-refractivity contribution in [2.45, 2.75) is 0 Å². The highest BCUT2D eigenvalue weighted by molar-refractivity contribution is 14.1. The van der Waals surface area contributed by atoms with E-state index in [1.165, 1.54) is 18.4 Å². The molecule has 2 aromatic heterocycles. The summed E-state index contributed by atoms with van der Waals surface area (Å²) in [7, 11) is 1.52. The average molecular weight is 360 g/mol. The first-order chi connectivity index (χ1) is 8.20. The maximum Gasteiger partial charge on any atom is 0.256 e. The van der Waals surface area contributed by atoms with Crippen LogP contribution >= 0.6 is 33.9 Å². The predicted octanol–water partition coefficient (Wildman–Crippen LogP) is 3.01. The van der Waals surface area contributed by atoms with Gasteiger partial charge in [0.05, 0.1) is 15.6 Å². The minimum atomic E-state index is -0.157. The molecule has 1 amide bonds. The van der Waals surface area contributed by atoms with Gasteiger partial charge in [0.25, 0.3) is 5.91 Å². The maximum atomic E-state index is 11.9. The van der Waals surface area contributed by atoms with Crippen LogP contribution < -0.4 is 10.1 Å². The number of methoxy groups -OCH3 is 1. The zero-order valence-electron chi connectivity index (χ0n) is 8.94. The molecular weight excluding hydrogens is 351 g/mol. The van der Waals surface area contributed by atoms with Crippen LogP contribution in [0.25, 0.3) is 0 Å². The molecule has 0 unspecified atom stereocenters. The molecule has 2 aromatic rings. The van der Waals surface area contributed by atoms with E-state index in [-0.39, 0.29) is 5.91 Å². The van der Waals surface area contributed by atoms with Crippen molar-refractivity contribution in [2.24, 2.45) is 0 Å². The summed E-state index contributed by atoms with van der Waals surface area (Å²) in [4.78, 5) is 15.9. The quantitative estimate of drug-likeness (QED) is 0.857. The van der Waals surface area contributed by atoms with Crippen LogP contribution in [-0.4, -0.2) is 18.0 Å². The van der Waals surface area contributed by atoms with Gasteiger partial charge in [0.15, 0.2) is 0 Å². The SMILES string of the molecule is COc1ncccc1NC(=O)c1csc(I)c1. The number of aromatic nitrogens is 1. The van der Waals surface area contributed by atoms with Crippen molar-refractivity contribution in [1.29, 1.82) is 0 Å². The molecule has 0 saturated heterocycles. The lowest BCUT2D eigenvalue weighted by Crippen LogP contribution is -2.12. The van der Waals surface area contributed by atoms with Gasteiger partial charge in [-0.15, -0.1) is 11.3 Å². The first-order valence-corrected chi connectivity index (χ1v) is 6.71. The van der Waals surface area contributed by atoms with Gasteiger partial charge in [-0.25, -0.2) is 4.98 Å². The van der Waals surface area contributed by atoms with E-state index in [2.05, 4.69) is 32.9 Å². The van der Waals surface area contributed by atoms with E-state index in [1.54, 1.807) is 18.3 Å². The molecule has 0 radical (unpaired) electrons. The van der Waals surface area contributed by atoms with Crippen molar-refractivity contribution in [1.82, 2.24) is 4.98 Å². The molecule has 0 bridgehead atoms. The van der Waals surface area contributed by atoms with E-state index in [9.17, 15) is 4.79 Å². The zero-order chi connectivity index (χ0) is 12.3. The summed E-state index contributed by atoms with van der Waals surface area (Å²) in [5.74, 6) is 0.251. The molecule has 1 N–H and O–H groups in total. The third-order valence-corrected chi connectivity index (χ3v) is 3.83. The van der Waals surface area contributed by atoms with Crippen LogP contribution in [0.4, 0.5) is 5.69 Å². The van der Waals surface area contributed by atoms with E-state index in [4.69, 9.17) is 4.74 Å². The fourth-order valence-corrected chi connectivity index (χ4v) is 2.60. The lowest BCUT2D eigenvalue weighted by atomic mass is 10.3. The number of pyridine rings is 1. The summed E-state index contributed by atoms with van der Waals surface area (Å²) in [5.41, 5.74) is 1.21. The van der Waals surface area contributed by atoms with Crippen molar-refractivity contribution >= 4 is 45.5 Å². The van der Waals surface area contributed by atoms with Crippen molar-refractivity contribution in [3.8, 4) is 5.88 Å². The Kier molecular flexibility index (Phi) is 3.95. The minimum Gasteiger partial charge on any atom is -0.480 e. The van der Waals surface area contributed by atoms with Crippen LogP contribution in [0.2, 0.25) is 0 Å². The Morgan fingerprint density at radius 1 is 1.59 bits per heavy atom. The third kappa shape index (κ3) is 2.95. The number of nitrogens with zero attached hydrogens (tertiary/aromatic N) is 1. The van der Waals surface area contributed by atoms with Gasteiger partial charge in [-0.3, -0.25) is 4.79 Å². The van der Waals surface area contributed by atoms with E-state index in [0.717, 1.165) is 2.88 Å². The number of anilines is 1. The monoisotopic (exact) mass is 360 g/mol. The van der Waals surface area contributed by atoms with Gasteiger partial charge in [0.2, 0.25) is 5.88 Å². The number of carbonyl (C=O) groups is 1. The van der Waals surface area contributed by atoms with Crippen LogP contribution in [-0.2, 0) is 0 Å². The molecule has 0 fully saturated rings. The number of rotatable bonds is 3. The molecule has 88 valence electrons. The van der Waals surface area contributed by atoms with Gasteiger partial charge in [-0.05, 0) is 40.8 Å². The van der Waals surface area contributed by atoms with E-state index >= 15 is 0 Å². The number of hydrogen-bond acceptors (Lipinski definition) is 4. The second kappa shape index (κ2) is 5.46. The van der Waals surface area contributed by atoms with Crippen molar-refractivity contribution in [3.63, 3.8) is 0 Å². The molecule has 2 heterocycles. The van der Waals surface area contributed by atoms with E-state index in [1.807, 2.05) is 11.4 Å². The highest BCUT2D eigenvalue weighted by Gasteiger charge is 2.11. The van der Waals surface area contributed by atoms with E-state index in [0.29, 0.717) is 17.1 Å². The molecule has 4 nitrogen and oxygen atoms in total. The molecule has 0 aliphatic rings. The first-order valence-electron chi connectivity index (χ1n) is 4.75. The number of nitrogens with one attached hydrogen (secondary N) is 1. The van der Waals surface area contributed by atoms with Gasteiger partial charge in [0, 0.05) is 11.6 Å². The Morgan fingerprint density at radius 2 is 2.41 bits per heavy atom. The fourth-order valence-electron chi connectivity index (χ4n) is 1.27. The van der Waals surface area contributed by atoms with Gasteiger partial charge in [-0.1, -0.05) is 0 Å². The van der Waals surface area contributed by atoms with Gasteiger partial charge in [0.1, 0.15) is 5.69 Å². The third-order valence-electron chi connectivity index (χ3n) is 2.04. The molecule has 0 spiro atoms. The molecule has 0 aliphatic carbocycles. The molecule has 0 aromatic carbocycles. The zero-order valence-corrected chi connectivity index (χ0v) is 11.9. The smallest absolute Gasteiger partial charge is 0.256 e. The molecule has 0 saturated carbocycles. The Labute approximate surface area is 116 Å². The number of hydrogen-bond donors (Lipinski definition) is 1. The summed E-state index contributed by atoms with van der Waals surface area (Å²) in [5, 5.41) is 4.59. The normalized spacial score (nSPS) is 10.0. The van der Waals surface area contributed by atoms with Crippen molar-refractivity contribution in [2.75, 3.05) is 12.4 Å². The largest absolute Gasteiger partial charge is 0.480 e. The standard InChI is InChI=1S/C11H9IN2O2S/c1-16-11-8(3-2-4-13-11)14-10(15)7-5-9(12)17-6-7/h2-6H,1H3,(H,14,15). The molecule has 0 atom stereocenters. The number of ether oxygens (including phenoxy) is 1. The first kappa shape index (κ1) is 12.3. The Balaban J connectivity index is 2.18. The summed E-state index contributed by atoms with van der Waals surface area (Å²) < 4.78 is 6.14. The van der Waals surface area contributed by atoms with Gasteiger partial charge in [-0.2, -0.15) is 0 Å². The van der Waals surface area contributed by atoms with Crippen molar-refractivity contribution in [3.05, 3.63) is 38.2 Å². The van der Waals surface area contributed by atoms with Crippen LogP contribution in [0.3, 0.4) is 0 Å². The van der Waals surface area contributed by atoms with Crippen molar-refractivity contribution < 1.29 is 9.53 Å². The highest BCUT2D eigenvalue weighted by Crippen LogP contribution is 2.22. The predicted molar refractivity (Wildman–Crippen MR) is 75.8 cm³/mol. The second-order valence-corrected chi connectivity index (χ2v) is 5.96. The van der Waals surface area contributed by atoms with Crippen LogP contribution in [0.5, 0.6) is 5.88 Å². The lowest BCUT2D eigenvalue weighted by Gasteiger charge is -2.07. The summed E-state index contributed by atoms with van der Waals surface area (Å²) in [6.45, 7) is 0. The number of carbonyl (C=O) groups excluding carboxylic acids is 1. The number of amides is 1. The maximum absolute atomic E-state index is 11.9. The average Bonchev–Trinajstić information content (AvgIpc) is 2.77. The molecule has 0 aliphatic heterocycles. The van der Waals surface area contributed by atoms with Gasteiger partial charge >= 0.3 is 0 Å². The molecule has 6 heteroatoms. The van der Waals surface area contributed by atoms with E-state index < -0.39 is 0 Å². The lowest BCUT2D eigenvalue weighted by molar-refractivity contribution is 0.102. The summed E-state index contributed by atoms with van der Waals surface area (Å²) >= 11 is 3.71. The molecular formula is C11H9IN2O2S. The molecule has 2 rings (SSSR count). The summed E-state index contributed by atoms with van der Waals surface area (Å²) in [6.07, 6.45) is 1.61. The number of thiophene rings is 1. The molecule has 17 heavy (non-hydrogen) atoms. The number of halogens is 1. The highest BCUT2D eigenvalue weighted by atomic mass is 127. The summed E-state index contributed by atoms with van der Waals surface area (Å²) in [6, 6.07) is 5.33. The second-order valence-electron chi connectivity index (χ2n) is 3.15. The van der Waals surface area contributed by atoms with Crippen LogP contribution in [0.15, 0.2) is 29.8 Å². The van der Waals surface area contributed by atoms with Gasteiger partial charge < -0.3 is 10.1 Å². The van der Waals surface area contributed by atoms with Crippen LogP contribution in [0.1, 0.15) is 10.4 Å². The Hall–Kier alpha value is -1.15. The fraction of sp³-hybridized carbons (Fsp3) is 0.0909. The topological polar surface area (TPSA) is 51.2 Å². The Morgan fingerprint density at radius 3 is 3.06 bits per heavy atom. The Bertz CT molecular complexity index is 542. The minimum absolute atomic E-state index is 0.157.